The number of methoxy groups -OCH3 is 1. The van der Waals surface area contributed by atoms with Gasteiger partial charge >= 0.3 is 0 Å². The standard InChI is InChI=1S/C20H30N2O4/c1-24-19(18-5-3-2-4-6-18)20(23)22(15-17-7-12-26-16-17)9-8-21-10-13-25-14-11-21/h2-6,17,19H,7-16H2,1H3. The highest BCUT2D eigenvalue weighted by atomic mass is 16.5. The lowest BCUT2D eigenvalue weighted by Crippen LogP contribution is -2.46. The van der Waals surface area contributed by atoms with Gasteiger partial charge in [-0.1, -0.05) is 30.3 Å². The lowest BCUT2D eigenvalue weighted by molar-refractivity contribution is -0.143. The number of carbonyl (C=O) groups is 1. The van der Waals surface area contributed by atoms with E-state index in [1.54, 1.807) is 7.11 Å². The third-order valence-corrected chi connectivity index (χ3v) is 5.17. The lowest BCUT2D eigenvalue weighted by atomic mass is 10.1. The first-order valence-electron chi connectivity index (χ1n) is 9.52. The van der Waals surface area contributed by atoms with Crippen LogP contribution in [0.4, 0.5) is 0 Å². The number of amides is 1. The molecular weight excluding hydrogens is 332 g/mol. The maximum absolute atomic E-state index is 13.3. The van der Waals surface area contributed by atoms with Crippen molar-refractivity contribution in [3.8, 4) is 0 Å². The Morgan fingerprint density at radius 3 is 2.65 bits per heavy atom. The Kier molecular flexibility index (Phi) is 7.43. The van der Waals surface area contributed by atoms with Gasteiger partial charge in [-0.05, 0) is 12.0 Å². The summed E-state index contributed by atoms with van der Waals surface area (Å²) in [6.45, 7) is 7.25. The van der Waals surface area contributed by atoms with E-state index < -0.39 is 6.10 Å². The molecule has 0 saturated carbocycles. The van der Waals surface area contributed by atoms with Crippen LogP contribution in [0.15, 0.2) is 30.3 Å². The van der Waals surface area contributed by atoms with Crippen LogP contribution in [0.25, 0.3) is 0 Å². The molecule has 0 bridgehead atoms. The molecule has 0 spiro atoms. The monoisotopic (exact) mass is 362 g/mol. The van der Waals surface area contributed by atoms with Crippen LogP contribution in [0.2, 0.25) is 0 Å². The third-order valence-electron chi connectivity index (χ3n) is 5.17. The zero-order valence-electron chi connectivity index (χ0n) is 15.6. The molecule has 2 aliphatic rings. The SMILES string of the molecule is COC(C(=O)N(CCN1CCOCC1)CC1CCOC1)c1ccccc1. The van der Waals surface area contributed by atoms with Crippen LogP contribution in [0, 0.1) is 5.92 Å². The van der Waals surface area contributed by atoms with Crippen molar-refractivity contribution in [3.05, 3.63) is 35.9 Å². The quantitative estimate of drug-likeness (QED) is 0.703. The average molecular weight is 362 g/mol. The second-order valence-corrected chi connectivity index (χ2v) is 6.99. The number of hydrogen-bond donors (Lipinski definition) is 0. The summed E-state index contributed by atoms with van der Waals surface area (Å²) in [6, 6.07) is 9.73. The van der Waals surface area contributed by atoms with E-state index in [-0.39, 0.29) is 5.91 Å². The average Bonchev–Trinajstić information content (AvgIpc) is 3.20. The Hall–Kier alpha value is -1.47. The first-order valence-corrected chi connectivity index (χ1v) is 9.52. The fourth-order valence-corrected chi connectivity index (χ4v) is 3.59. The molecule has 0 aromatic heterocycles. The van der Waals surface area contributed by atoms with Crippen LogP contribution in [0.1, 0.15) is 18.1 Å². The third kappa shape index (κ3) is 5.27. The summed E-state index contributed by atoms with van der Waals surface area (Å²) in [4.78, 5) is 17.6. The number of rotatable bonds is 8. The molecule has 6 nitrogen and oxygen atoms in total. The highest BCUT2D eigenvalue weighted by Gasteiger charge is 2.29. The van der Waals surface area contributed by atoms with E-state index in [0.29, 0.717) is 12.5 Å². The lowest BCUT2D eigenvalue weighted by Gasteiger charge is -2.32. The fraction of sp³-hybridized carbons (Fsp3) is 0.650. The van der Waals surface area contributed by atoms with Gasteiger partial charge in [0.2, 0.25) is 0 Å². The van der Waals surface area contributed by atoms with Crippen molar-refractivity contribution < 1.29 is 19.0 Å². The summed E-state index contributed by atoms with van der Waals surface area (Å²) in [7, 11) is 1.61. The Bertz CT molecular complexity index is 542. The molecular formula is C20H30N2O4. The van der Waals surface area contributed by atoms with Gasteiger partial charge < -0.3 is 19.1 Å². The van der Waals surface area contributed by atoms with Crippen molar-refractivity contribution in [2.24, 2.45) is 5.92 Å². The van der Waals surface area contributed by atoms with Gasteiger partial charge in [0.05, 0.1) is 19.8 Å². The zero-order chi connectivity index (χ0) is 18.2. The number of benzene rings is 1. The molecule has 2 unspecified atom stereocenters. The number of morpholine rings is 1. The number of ether oxygens (including phenoxy) is 3. The van der Waals surface area contributed by atoms with E-state index in [4.69, 9.17) is 14.2 Å². The Labute approximate surface area is 156 Å². The summed E-state index contributed by atoms with van der Waals surface area (Å²) in [6.07, 6.45) is 0.466. The van der Waals surface area contributed by atoms with Gasteiger partial charge in [0.1, 0.15) is 0 Å². The van der Waals surface area contributed by atoms with E-state index in [9.17, 15) is 4.79 Å². The van der Waals surface area contributed by atoms with Crippen LogP contribution in [-0.4, -0.2) is 82.0 Å². The normalized spacial score (nSPS) is 22.3. The van der Waals surface area contributed by atoms with Crippen LogP contribution in [0.5, 0.6) is 0 Å². The van der Waals surface area contributed by atoms with Crippen molar-refractivity contribution in [2.45, 2.75) is 12.5 Å². The molecule has 144 valence electrons. The highest BCUT2D eigenvalue weighted by Crippen LogP contribution is 2.22. The van der Waals surface area contributed by atoms with Crippen molar-refractivity contribution in [1.82, 2.24) is 9.80 Å². The molecule has 26 heavy (non-hydrogen) atoms. The van der Waals surface area contributed by atoms with Gasteiger partial charge in [0.15, 0.2) is 6.10 Å². The van der Waals surface area contributed by atoms with Crippen LogP contribution >= 0.6 is 0 Å². The first-order chi connectivity index (χ1) is 12.8. The molecule has 6 heteroatoms. The molecule has 1 amide bonds. The van der Waals surface area contributed by atoms with Crippen LogP contribution in [0.3, 0.4) is 0 Å². The summed E-state index contributed by atoms with van der Waals surface area (Å²) in [5, 5.41) is 0. The topological polar surface area (TPSA) is 51.2 Å². The van der Waals surface area contributed by atoms with Gasteiger partial charge in [0, 0.05) is 52.4 Å². The van der Waals surface area contributed by atoms with Crippen LogP contribution in [-0.2, 0) is 19.0 Å². The molecule has 2 heterocycles. The predicted molar refractivity (Wildman–Crippen MR) is 99.0 cm³/mol. The Morgan fingerprint density at radius 1 is 1.23 bits per heavy atom. The van der Waals surface area contributed by atoms with E-state index in [0.717, 1.165) is 64.6 Å². The Balaban J connectivity index is 1.66. The van der Waals surface area contributed by atoms with Crippen molar-refractivity contribution in [1.29, 1.82) is 0 Å². The summed E-state index contributed by atoms with van der Waals surface area (Å²) in [5.41, 5.74) is 0.902. The van der Waals surface area contributed by atoms with Gasteiger partial charge in [-0.3, -0.25) is 9.69 Å². The zero-order valence-corrected chi connectivity index (χ0v) is 15.6. The molecule has 1 aromatic rings. The molecule has 1 aromatic carbocycles. The maximum Gasteiger partial charge on any atom is 0.256 e. The minimum atomic E-state index is -0.553. The van der Waals surface area contributed by atoms with Gasteiger partial charge in [0.25, 0.3) is 5.91 Å². The molecule has 2 atom stereocenters. The molecule has 2 saturated heterocycles. The van der Waals surface area contributed by atoms with E-state index >= 15 is 0 Å². The smallest absolute Gasteiger partial charge is 0.256 e. The molecule has 3 rings (SSSR count). The van der Waals surface area contributed by atoms with Crippen LogP contribution < -0.4 is 0 Å². The summed E-state index contributed by atoms with van der Waals surface area (Å²) < 4.78 is 16.5. The first kappa shape index (κ1) is 19.3. The second kappa shape index (κ2) is 10.0. The van der Waals surface area contributed by atoms with Crippen molar-refractivity contribution in [3.63, 3.8) is 0 Å². The van der Waals surface area contributed by atoms with Crippen molar-refractivity contribution >= 4 is 5.91 Å². The molecule has 0 aliphatic carbocycles. The number of hydrogen-bond acceptors (Lipinski definition) is 5. The molecule has 2 fully saturated rings. The second-order valence-electron chi connectivity index (χ2n) is 6.99. The Morgan fingerprint density at radius 2 is 2.00 bits per heavy atom. The van der Waals surface area contributed by atoms with E-state index in [1.807, 2.05) is 35.2 Å². The minimum absolute atomic E-state index is 0.0406. The van der Waals surface area contributed by atoms with Gasteiger partial charge in [-0.2, -0.15) is 0 Å². The molecule has 2 aliphatic heterocycles. The number of carbonyl (C=O) groups excluding carboxylic acids is 1. The maximum atomic E-state index is 13.3. The summed E-state index contributed by atoms with van der Waals surface area (Å²) in [5.74, 6) is 0.454. The van der Waals surface area contributed by atoms with Gasteiger partial charge in [-0.15, -0.1) is 0 Å². The molecule has 0 N–H and O–H groups in total. The number of nitrogens with zero attached hydrogens (tertiary/aromatic N) is 2. The predicted octanol–water partition coefficient (Wildman–Crippen LogP) is 1.57. The highest BCUT2D eigenvalue weighted by molar-refractivity contribution is 5.82. The summed E-state index contributed by atoms with van der Waals surface area (Å²) >= 11 is 0. The largest absolute Gasteiger partial charge is 0.381 e. The van der Waals surface area contributed by atoms with E-state index in [1.165, 1.54) is 0 Å². The van der Waals surface area contributed by atoms with Crippen molar-refractivity contribution in [2.75, 3.05) is 66.3 Å². The van der Waals surface area contributed by atoms with Gasteiger partial charge in [-0.25, -0.2) is 0 Å². The fourth-order valence-electron chi connectivity index (χ4n) is 3.59. The molecule has 0 radical (unpaired) electrons. The van der Waals surface area contributed by atoms with E-state index in [2.05, 4.69) is 4.90 Å². The minimum Gasteiger partial charge on any atom is -0.381 e.